The molecule has 4 heteroatoms. The van der Waals surface area contributed by atoms with Crippen LogP contribution in [0.2, 0.25) is 0 Å². The fourth-order valence-corrected chi connectivity index (χ4v) is 2.16. The number of carbonyl (C=O) groups is 1. The molecule has 24 heavy (non-hydrogen) atoms. The molecule has 0 amide bonds. The first-order valence-electron chi connectivity index (χ1n) is 8.32. The van der Waals surface area contributed by atoms with Gasteiger partial charge in [0, 0.05) is 18.1 Å². The van der Waals surface area contributed by atoms with Gasteiger partial charge < -0.3 is 14.9 Å². The van der Waals surface area contributed by atoms with Crippen LogP contribution < -0.4 is 4.74 Å². The normalized spacial score (nSPS) is 12.6. The molecule has 0 spiro atoms. The van der Waals surface area contributed by atoms with E-state index in [0.29, 0.717) is 12.2 Å². The van der Waals surface area contributed by atoms with Gasteiger partial charge in [0.2, 0.25) is 0 Å². The van der Waals surface area contributed by atoms with Crippen LogP contribution in [0.3, 0.4) is 0 Å². The first-order chi connectivity index (χ1) is 11.3. The zero-order valence-corrected chi connectivity index (χ0v) is 15.2. The number of Topliss-reactive ketones (excluding diaryl/α,β-unsaturated/α-hetero) is 1. The van der Waals surface area contributed by atoms with Crippen molar-refractivity contribution in [3.8, 4) is 17.2 Å². The summed E-state index contributed by atoms with van der Waals surface area (Å²) >= 11 is 0. The summed E-state index contributed by atoms with van der Waals surface area (Å²) in [4.78, 5) is 12.2. The summed E-state index contributed by atoms with van der Waals surface area (Å²) in [7, 11) is 0. The maximum atomic E-state index is 12.2. The van der Waals surface area contributed by atoms with Gasteiger partial charge >= 0.3 is 0 Å². The third-order valence-corrected chi connectivity index (χ3v) is 3.86. The largest absolute Gasteiger partial charge is 0.507 e. The van der Waals surface area contributed by atoms with Crippen molar-refractivity contribution in [1.29, 1.82) is 0 Å². The van der Waals surface area contributed by atoms with Crippen LogP contribution in [0.25, 0.3) is 0 Å². The molecule has 1 rings (SSSR count). The monoisotopic (exact) mass is 332 g/mol. The van der Waals surface area contributed by atoms with Crippen LogP contribution >= 0.6 is 0 Å². The van der Waals surface area contributed by atoms with Gasteiger partial charge in [0.25, 0.3) is 0 Å². The van der Waals surface area contributed by atoms with Gasteiger partial charge in [0.05, 0.1) is 6.26 Å². The van der Waals surface area contributed by atoms with Gasteiger partial charge in [0.1, 0.15) is 22.8 Å². The number of hydrogen-bond donors (Lipinski definition) is 2. The van der Waals surface area contributed by atoms with E-state index in [9.17, 15) is 15.0 Å². The second-order valence-corrected chi connectivity index (χ2v) is 6.41. The minimum Gasteiger partial charge on any atom is -0.507 e. The molecule has 0 saturated heterocycles. The quantitative estimate of drug-likeness (QED) is 0.382. The molecule has 0 heterocycles. The van der Waals surface area contributed by atoms with Crippen LogP contribution in [0.1, 0.15) is 64.2 Å². The Morgan fingerprint density at radius 1 is 1.21 bits per heavy atom. The third-order valence-electron chi connectivity index (χ3n) is 3.86. The molecule has 1 aromatic rings. The van der Waals surface area contributed by atoms with E-state index >= 15 is 0 Å². The van der Waals surface area contributed by atoms with E-state index in [2.05, 4.69) is 19.9 Å². The molecule has 0 bridgehead atoms. The first-order valence-corrected chi connectivity index (χ1v) is 8.32. The first kappa shape index (κ1) is 19.8. The molecule has 0 aliphatic rings. The molecular formula is C20H28O4. The summed E-state index contributed by atoms with van der Waals surface area (Å²) in [6.07, 6.45) is 6.21. The number of phenolic OH excluding ortho intramolecular Hbond substituents is 2. The molecule has 1 atom stereocenters. The van der Waals surface area contributed by atoms with E-state index in [4.69, 9.17) is 4.74 Å². The number of ether oxygens (including phenoxy) is 1. The highest BCUT2D eigenvalue weighted by molar-refractivity contribution is 6.02. The summed E-state index contributed by atoms with van der Waals surface area (Å²) in [6.45, 7) is 9.73. The van der Waals surface area contributed by atoms with Gasteiger partial charge in [-0.1, -0.05) is 25.5 Å². The Hall–Kier alpha value is -2.23. The molecule has 1 unspecified atom stereocenters. The Bertz CT molecular complexity index is 614. The van der Waals surface area contributed by atoms with Crippen LogP contribution in [0.15, 0.2) is 35.6 Å². The van der Waals surface area contributed by atoms with Crippen molar-refractivity contribution in [1.82, 2.24) is 0 Å². The van der Waals surface area contributed by atoms with E-state index in [1.807, 2.05) is 13.8 Å². The Morgan fingerprint density at radius 3 is 2.29 bits per heavy atom. The maximum Gasteiger partial charge on any atom is 0.173 e. The number of rotatable bonds is 8. The lowest BCUT2D eigenvalue weighted by atomic mass is 9.95. The van der Waals surface area contributed by atoms with Crippen LogP contribution in [-0.2, 0) is 0 Å². The molecule has 2 N–H and O–H groups in total. The zero-order chi connectivity index (χ0) is 18.3. The van der Waals surface area contributed by atoms with Gasteiger partial charge in [-0.3, -0.25) is 4.79 Å². The predicted molar refractivity (Wildman–Crippen MR) is 96.6 cm³/mol. The average molecular weight is 332 g/mol. The maximum absolute atomic E-state index is 12.2. The number of ketones is 1. The van der Waals surface area contributed by atoms with Crippen molar-refractivity contribution in [2.24, 2.45) is 5.92 Å². The Labute approximate surface area is 144 Å². The highest BCUT2D eigenvalue weighted by atomic mass is 16.5. The Balaban J connectivity index is 2.85. The zero-order valence-electron chi connectivity index (χ0n) is 15.2. The fraction of sp³-hybridized carbons (Fsp3) is 0.450. The van der Waals surface area contributed by atoms with E-state index in [1.54, 1.807) is 13.2 Å². The fourth-order valence-electron chi connectivity index (χ4n) is 2.16. The number of hydrogen-bond acceptors (Lipinski definition) is 4. The molecule has 132 valence electrons. The predicted octanol–water partition coefficient (Wildman–Crippen LogP) is 5.36. The van der Waals surface area contributed by atoms with Gasteiger partial charge in [-0.2, -0.15) is 0 Å². The molecule has 0 aromatic heterocycles. The van der Waals surface area contributed by atoms with E-state index in [-0.39, 0.29) is 28.8 Å². The molecule has 0 radical (unpaired) electrons. The van der Waals surface area contributed by atoms with Crippen molar-refractivity contribution in [3.05, 3.63) is 41.2 Å². The molecule has 0 aliphatic heterocycles. The second-order valence-electron chi connectivity index (χ2n) is 6.41. The summed E-state index contributed by atoms with van der Waals surface area (Å²) in [5, 5.41) is 20.1. The highest BCUT2D eigenvalue weighted by Gasteiger charge is 2.22. The lowest BCUT2D eigenvalue weighted by Crippen LogP contribution is -2.10. The van der Waals surface area contributed by atoms with Crippen molar-refractivity contribution < 1.29 is 19.7 Å². The minimum atomic E-state index is -0.271. The van der Waals surface area contributed by atoms with Crippen LogP contribution in [0.5, 0.6) is 17.2 Å². The summed E-state index contributed by atoms with van der Waals surface area (Å²) < 4.78 is 5.49. The summed E-state index contributed by atoms with van der Waals surface area (Å²) in [5.74, 6) is -0.748. The van der Waals surface area contributed by atoms with Gasteiger partial charge in [-0.15, -0.1) is 0 Å². The lowest BCUT2D eigenvalue weighted by Gasteiger charge is -2.12. The third kappa shape index (κ3) is 5.76. The summed E-state index contributed by atoms with van der Waals surface area (Å²) in [5.41, 5.74) is 2.28. The van der Waals surface area contributed by atoms with Crippen molar-refractivity contribution in [2.75, 3.05) is 0 Å². The van der Waals surface area contributed by atoms with Crippen molar-refractivity contribution >= 4 is 5.78 Å². The van der Waals surface area contributed by atoms with Crippen LogP contribution in [-0.4, -0.2) is 16.0 Å². The number of carbonyl (C=O) groups excluding carboxylic acids is 1. The molecule has 0 fully saturated rings. The minimum absolute atomic E-state index is 0.0408. The van der Waals surface area contributed by atoms with Crippen LogP contribution in [0, 0.1) is 5.92 Å². The number of benzene rings is 1. The SMILES string of the molecule is CCC(C)C(=O)c1c(O)cc(OC=C(C)CCC=C(C)C)cc1O. The Kier molecular flexibility index (Phi) is 7.56. The standard InChI is InChI=1S/C20H28O4/c1-6-15(5)20(23)19-17(21)10-16(11-18(19)22)24-12-14(4)9-7-8-13(2)3/h8,10-12,15,21-22H,6-7,9H2,1-5H3. The van der Waals surface area contributed by atoms with E-state index < -0.39 is 0 Å². The average Bonchev–Trinajstić information content (AvgIpc) is 2.51. The van der Waals surface area contributed by atoms with Gasteiger partial charge in [-0.25, -0.2) is 0 Å². The number of allylic oxidation sites excluding steroid dienone is 3. The smallest absolute Gasteiger partial charge is 0.173 e. The lowest BCUT2D eigenvalue weighted by molar-refractivity contribution is 0.0921. The topological polar surface area (TPSA) is 66.8 Å². The molecule has 0 aliphatic carbocycles. The Morgan fingerprint density at radius 2 is 1.79 bits per heavy atom. The molecular weight excluding hydrogens is 304 g/mol. The van der Waals surface area contributed by atoms with E-state index in [1.165, 1.54) is 17.7 Å². The molecule has 0 saturated carbocycles. The highest BCUT2D eigenvalue weighted by Crippen LogP contribution is 2.35. The number of phenols is 2. The van der Waals surface area contributed by atoms with Crippen LogP contribution in [0.4, 0.5) is 0 Å². The second kappa shape index (κ2) is 9.16. The number of aromatic hydroxyl groups is 2. The molecule has 4 nitrogen and oxygen atoms in total. The van der Waals surface area contributed by atoms with Crippen molar-refractivity contribution in [3.63, 3.8) is 0 Å². The summed E-state index contributed by atoms with van der Waals surface area (Å²) in [6, 6.07) is 2.71. The van der Waals surface area contributed by atoms with Gasteiger partial charge in [0.15, 0.2) is 5.78 Å². The van der Waals surface area contributed by atoms with Crippen molar-refractivity contribution in [2.45, 2.75) is 53.9 Å². The van der Waals surface area contributed by atoms with E-state index in [0.717, 1.165) is 18.4 Å². The van der Waals surface area contributed by atoms with Gasteiger partial charge in [-0.05, 0) is 45.6 Å². The molecule has 1 aromatic carbocycles.